The van der Waals surface area contributed by atoms with Crippen LogP contribution >= 0.6 is 0 Å². The maximum atomic E-state index is 13.2. The quantitative estimate of drug-likeness (QED) is 0.445. The number of rotatable bonds is 5. The minimum Gasteiger partial charge on any atom is -0.465 e. The van der Waals surface area contributed by atoms with Gasteiger partial charge in [-0.25, -0.2) is 19.7 Å². The Hall–Kier alpha value is -4.53. The molecule has 2 aromatic heterocycles. The van der Waals surface area contributed by atoms with Gasteiger partial charge in [-0.05, 0) is 23.6 Å². The standard InChI is InChI=1S/C26H24N6O3/c1-35-25(34)20-9-4-5-10-22(20)30-24(33)21-17-29-23(19-8-3-2-7-18(19)21)31-13-15-32(16-14-31)26-27-11-6-12-28-26/h2-12,17H,13-16H2,1H3,(H,30,33). The maximum Gasteiger partial charge on any atom is 0.339 e. The number of ether oxygens (including phenoxy) is 1. The number of para-hydroxylation sites is 1. The number of pyridine rings is 1. The van der Waals surface area contributed by atoms with Crippen molar-refractivity contribution in [2.75, 3.05) is 48.4 Å². The van der Waals surface area contributed by atoms with Crippen molar-refractivity contribution in [1.82, 2.24) is 15.0 Å². The summed E-state index contributed by atoms with van der Waals surface area (Å²) in [7, 11) is 1.31. The second kappa shape index (κ2) is 9.76. The summed E-state index contributed by atoms with van der Waals surface area (Å²) in [5, 5.41) is 4.53. The number of carbonyl (C=O) groups excluding carboxylic acids is 2. The summed E-state index contributed by atoms with van der Waals surface area (Å²) in [4.78, 5) is 43.1. The number of nitrogens with one attached hydrogen (secondary N) is 1. The van der Waals surface area contributed by atoms with Crippen LogP contribution in [0.2, 0.25) is 0 Å². The molecular weight excluding hydrogens is 444 g/mol. The molecule has 0 saturated carbocycles. The van der Waals surface area contributed by atoms with E-state index < -0.39 is 5.97 Å². The molecule has 3 heterocycles. The van der Waals surface area contributed by atoms with E-state index in [1.165, 1.54) is 7.11 Å². The Labute approximate surface area is 202 Å². The molecule has 2 aromatic carbocycles. The molecule has 1 aliphatic heterocycles. The van der Waals surface area contributed by atoms with Crippen LogP contribution in [0.4, 0.5) is 17.5 Å². The molecule has 0 aliphatic carbocycles. The Morgan fingerprint density at radius 1 is 0.800 bits per heavy atom. The van der Waals surface area contributed by atoms with E-state index in [0.717, 1.165) is 48.7 Å². The Bertz CT molecular complexity index is 1370. The van der Waals surface area contributed by atoms with Crippen molar-refractivity contribution in [1.29, 1.82) is 0 Å². The van der Waals surface area contributed by atoms with Gasteiger partial charge in [0.25, 0.3) is 5.91 Å². The summed E-state index contributed by atoms with van der Waals surface area (Å²) in [6, 6.07) is 16.3. The lowest BCUT2D eigenvalue weighted by molar-refractivity contribution is 0.0602. The molecule has 176 valence electrons. The van der Waals surface area contributed by atoms with E-state index in [9.17, 15) is 9.59 Å². The first-order valence-electron chi connectivity index (χ1n) is 11.3. The lowest BCUT2D eigenvalue weighted by Crippen LogP contribution is -2.47. The first-order chi connectivity index (χ1) is 17.2. The normalized spacial score (nSPS) is 13.5. The Morgan fingerprint density at radius 3 is 2.20 bits per heavy atom. The Morgan fingerprint density at radius 2 is 1.46 bits per heavy atom. The zero-order valence-electron chi connectivity index (χ0n) is 19.2. The van der Waals surface area contributed by atoms with E-state index in [1.807, 2.05) is 30.3 Å². The summed E-state index contributed by atoms with van der Waals surface area (Å²) in [6.45, 7) is 3.06. The third kappa shape index (κ3) is 4.48. The smallest absolute Gasteiger partial charge is 0.339 e. The number of piperazine rings is 1. The molecule has 5 rings (SSSR count). The first-order valence-corrected chi connectivity index (χ1v) is 11.3. The molecule has 1 amide bonds. The van der Waals surface area contributed by atoms with Crippen LogP contribution in [0.3, 0.4) is 0 Å². The molecule has 1 fully saturated rings. The molecule has 1 aliphatic rings. The van der Waals surface area contributed by atoms with Gasteiger partial charge in [-0.15, -0.1) is 0 Å². The second-order valence-corrected chi connectivity index (χ2v) is 8.06. The number of nitrogens with zero attached hydrogens (tertiary/aromatic N) is 5. The molecule has 0 atom stereocenters. The summed E-state index contributed by atoms with van der Waals surface area (Å²) >= 11 is 0. The van der Waals surface area contributed by atoms with Gasteiger partial charge in [0.1, 0.15) is 5.82 Å². The van der Waals surface area contributed by atoms with Crippen molar-refractivity contribution in [2.45, 2.75) is 0 Å². The molecule has 0 spiro atoms. The summed E-state index contributed by atoms with van der Waals surface area (Å²) in [6.07, 6.45) is 5.09. The van der Waals surface area contributed by atoms with Gasteiger partial charge in [-0.1, -0.05) is 36.4 Å². The number of aromatic nitrogens is 3. The molecule has 9 heteroatoms. The molecule has 0 unspecified atom stereocenters. The van der Waals surface area contributed by atoms with Crippen LogP contribution < -0.4 is 15.1 Å². The number of hydrogen-bond acceptors (Lipinski definition) is 8. The number of hydrogen-bond donors (Lipinski definition) is 1. The maximum absolute atomic E-state index is 13.2. The second-order valence-electron chi connectivity index (χ2n) is 8.06. The number of fused-ring (bicyclic) bond motifs is 1. The van der Waals surface area contributed by atoms with Gasteiger partial charge < -0.3 is 19.9 Å². The molecule has 1 N–H and O–H groups in total. The van der Waals surface area contributed by atoms with Crippen molar-refractivity contribution in [3.8, 4) is 0 Å². The van der Waals surface area contributed by atoms with Crippen LogP contribution in [0, 0.1) is 0 Å². The van der Waals surface area contributed by atoms with E-state index >= 15 is 0 Å². The van der Waals surface area contributed by atoms with Gasteiger partial charge >= 0.3 is 5.97 Å². The van der Waals surface area contributed by atoms with Crippen molar-refractivity contribution < 1.29 is 14.3 Å². The minimum atomic E-state index is -0.515. The van der Waals surface area contributed by atoms with E-state index in [4.69, 9.17) is 4.74 Å². The summed E-state index contributed by atoms with van der Waals surface area (Å²) in [5.74, 6) is 0.701. The third-order valence-corrected chi connectivity index (χ3v) is 6.01. The van der Waals surface area contributed by atoms with Crippen LogP contribution in [0.1, 0.15) is 20.7 Å². The molecule has 35 heavy (non-hydrogen) atoms. The van der Waals surface area contributed by atoms with Gasteiger partial charge in [-0.2, -0.15) is 0 Å². The number of amides is 1. The molecule has 1 saturated heterocycles. The van der Waals surface area contributed by atoms with Gasteiger partial charge in [0.2, 0.25) is 5.95 Å². The highest BCUT2D eigenvalue weighted by Crippen LogP contribution is 2.29. The van der Waals surface area contributed by atoms with Crippen LogP contribution in [-0.4, -0.2) is 60.1 Å². The number of benzene rings is 2. The van der Waals surface area contributed by atoms with E-state index in [-0.39, 0.29) is 11.5 Å². The lowest BCUT2D eigenvalue weighted by atomic mass is 10.1. The highest BCUT2D eigenvalue weighted by Gasteiger charge is 2.23. The molecule has 4 aromatic rings. The van der Waals surface area contributed by atoms with Gasteiger partial charge in [0, 0.05) is 50.2 Å². The molecular formula is C26H24N6O3. The predicted octanol–water partition coefficient (Wildman–Crippen LogP) is 3.39. The number of anilines is 3. The van der Waals surface area contributed by atoms with Gasteiger partial charge in [0.05, 0.1) is 23.9 Å². The fraction of sp³-hybridized carbons (Fsp3) is 0.192. The highest BCUT2D eigenvalue weighted by atomic mass is 16.5. The van der Waals surface area contributed by atoms with Crippen LogP contribution in [0.5, 0.6) is 0 Å². The minimum absolute atomic E-state index is 0.289. The number of carbonyl (C=O) groups is 2. The average Bonchev–Trinajstić information content (AvgIpc) is 2.93. The Kier molecular flexibility index (Phi) is 6.21. The fourth-order valence-corrected chi connectivity index (χ4v) is 4.25. The van der Waals surface area contributed by atoms with Crippen molar-refractivity contribution in [2.24, 2.45) is 0 Å². The SMILES string of the molecule is COC(=O)c1ccccc1NC(=O)c1cnc(N2CCN(c3ncccn3)CC2)c2ccccc12. The predicted molar refractivity (Wildman–Crippen MR) is 134 cm³/mol. The first kappa shape index (κ1) is 22.3. The molecule has 9 nitrogen and oxygen atoms in total. The largest absolute Gasteiger partial charge is 0.465 e. The lowest BCUT2D eigenvalue weighted by Gasteiger charge is -2.35. The summed E-state index contributed by atoms with van der Waals surface area (Å²) in [5.41, 5.74) is 1.11. The summed E-state index contributed by atoms with van der Waals surface area (Å²) < 4.78 is 4.83. The van der Waals surface area contributed by atoms with Crippen LogP contribution in [0.15, 0.2) is 73.2 Å². The zero-order valence-corrected chi connectivity index (χ0v) is 19.2. The topological polar surface area (TPSA) is 101 Å². The Balaban J connectivity index is 1.40. The fourth-order valence-electron chi connectivity index (χ4n) is 4.25. The van der Waals surface area contributed by atoms with Crippen molar-refractivity contribution >= 4 is 40.1 Å². The van der Waals surface area contributed by atoms with Gasteiger partial charge in [0.15, 0.2) is 0 Å². The number of methoxy groups -OCH3 is 1. The van der Waals surface area contributed by atoms with Gasteiger partial charge in [-0.3, -0.25) is 4.79 Å². The monoisotopic (exact) mass is 468 g/mol. The average molecular weight is 469 g/mol. The van der Waals surface area contributed by atoms with E-state index in [1.54, 1.807) is 42.9 Å². The molecule has 0 radical (unpaired) electrons. The number of esters is 1. The van der Waals surface area contributed by atoms with E-state index in [2.05, 4.69) is 30.1 Å². The highest BCUT2D eigenvalue weighted by molar-refractivity contribution is 6.15. The molecule has 0 bridgehead atoms. The zero-order chi connectivity index (χ0) is 24.2. The van der Waals surface area contributed by atoms with Crippen molar-refractivity contribution in [3.05, 3.63) is 84.3 Å². The third-order valence-electron chi connectivity index (χ3n) is 6.01. The van der Waals surface area contributed by atoms with Crippen LogP contribution in [-0.2, 0) is 4.74 Å². The van der Waals surface area contributed by atoms with Crippen LogP contribution in [0.25, 0.3) is 10.8 Å². The van der Waals surface area contributed by atoms with E-state index in [0.29, 0.717) is 11.3 Å². The van der Waals surface area contributed by atoms with Crippen molar-refractivity contribution in [3.63, 3.8) is 0 Å².